The topological polar surface area (TPSA) is 78.7 Å². The zero-order chi connectivity index (χ0) is 22.6. The second-order valence-electron chi connectivity index (χ2n) is 9.51. The Hall–Kier alpha value is -2.67. The van der Waals surface area contributed by atoms with Gasteiger partial charge in [-0.1, -0.05) is 48.8 Å². The zero-order valence-electron chi connectivity index (χ0n) is 19.2. The predicted octanol–water partition coefficient (Wildman–Crippen LogP) is 3.85. The third-order valence-corrected chi connectivity index (χ3v) is 7.12. The number of rotatable bonds is 6. The minimum Gasteiger partial charge on any atom is -0.360 e. The van der Waals surface area contributed by atoms with E-state index in [1.807, 2.05) is 18.2 Å². The highest BCUT2D eigenvalue weighted by atomic mass is 16.5. The normalized spacial score (nSPS) is 23.2. The molecule has 2 aromatic rings. The molecule has 2 saturated heterocycles. The number of nitrogens with zero attached hydrogens (tertiary/aromatic N) is 3. The van der Waals surface area contributed by atoms with E-state index in [2.05, 4.69) is 39.3 Å². The van der Waals surface area contributed by atoms with Crippen LogP contribution in [0.15, 0.2) is 40.9 Å². The number of amides is 2. The fraction of sp³-hybridized carbons (Fsp3) is 0.560. The van der Waals surface area contributed by atoms with E-state index in [0.717, 1.165) is 51.7 Å². The van der Waals surface area contributed by atoms with Crippen LogP contribution in [0.2, 0.25) is 0 Å². The summed E-state index contributed by atoms with van der Waals surface area (Å²) in [5.41, 5.74) is 0.867. The second kappa shape index (κ2) is 9.86. The summed E-state index contributed by atoms with van der Waals surface area (Å²) in [6.07, 6.45) is 4.99. The Morgan fingerprint density at radius 1 is 1.19 bits per heavy atom. The first kappa shape index (κ1) is 22.5. The van der Waals surface area contributed by atoms with Gasteiger partial charge in [0.1, 0.15) is 5.76 Å². The van der Waals surface area contributed by atoms with Gasteiger partial charge < -0.3 is 14.7 Å². The fourth-order valence-electron chi connectivity index (χ4n) is 5.24. The maximum Gasteiger partial charge on any atom is 0.239 e. The maximum absolute atomic E-state index is 13.7. The molecule has 7 nitrogen and oxygen atoms in total. The Morgan fingerprint density at radius 3 is 2.62 bits per heavy atom. The summed E-state index contributed by atoms with van der Waals surface area (Å²) in [6, 6.07) is 12.0. The number of hydrogen-bond donors (Lipinski definition) is 1. The molecule has 1 aromatic heterocycles. The fourth-order valence-corrected chi connectivity index (χ4v) is 5.24. The molecule has 172 valence electrons. The van der Waals surface area contributed by atoms with Crippen molar-refractivity contribution in [1.82, 2.24) is 15.0 Å². The van der Waals surface area contributed by atoms with Crippen LogP contribution in [0.25, 0.3) is 0 Å². The van der Waals surface area contributed by atoms with Crippen LogP contribution in [0.1, 0.15) is 50.4 Å². The van der Waals surface area contributed by atoms with Gasteiger partial charge in [0, 0.05) is 24.6 Å². The number of aryl methyl sites for hydroxylation is 1. The molecule has 0 radical (unpaired) electrons. The van der Waals surface area contributed by atoms with Crippen molar-refractivity contribution in [2.75, 3.05) is 31.5 Å². The molecule has 2 aliphatic heterocycles. The van der Waals surface area contributed by atoms with Crippen LogP contribution >= 0.6 is 0 Å². The summed E-state index contributed by atoms with van der Waals surface area (Å²) in [5.74, 6) is 1.70. The lowest BCUT2D eigenvalue weighted by Gasteiger charge is -2.42. The van der Waals surface area contributed by atoms with Gasteiger partial charge in [-0.05, 0) is 57.2 Å². The number of carbonyl (C=O) groups excluding carboxylic acids is 2. The Balaban J connectivity index is 1.33. The molecule has 4 rings (SSSR count). The van der Waals surface area contributed by atoms with Crippen LogP contribution in [-0.2, 0) is 16.1 Å². The lowest BCUT2D eigenvalue weighted by atomic mass is 9.69. The summed E-state index contributed by atoms with van der Waals surface area (Å²) < 4.78 is 5.00. The highest BCUT2D eigenvalue weighted by Gasteiger charge is 2.45. The van der Waals surface area contributed by atoms with Crippen molar-refractivity contribution >= 4 is 17.6 Å². The smallest absolute Gasteiger partial charge is 0.239 e. The molecule has 0 saturated carbocycles. The van der Waals surface area contributed by atoms with Crippen LogP contribution < -0.4 is 5.32 Å². The molecule has 1 aromatic carbocycles. The number of likely N-dealkylation sites (tertiary alicyclic amines) is 2. The van der Waals surface area contributed by atoms with Gasteiger partial charge in [0.05, 0.1) is 6.54 Å². The van der Waals surface area contributed by atoms with Gasteiger partial charge in [0.15, 0.2) is 5.82 Å². The average molecular weight is 439 g/mol. The number of piperidine rings is 1. The summed E-state index contributed by atoms with van der Waals surface area (Å²) in [7, 11) is 0. The Morgan fingerprint density at radius 2 is 1.94 bits per heavy atom. The van der Waals surface area contributed by atoms with Gasteiger partial charge in [-0.3, -0.25) is 14.5 Å². The van der Waals surface area contributed by atoms with Crippen LogP contribution in [-0.4, -0.2) is 52.9 Å². The number of hydrogen-bond acceptors (Lipinski definition) is 5. The Bertz CT molecular complexity index is 920. The van der Waals surface area contributed by atoms with Crippen molar-refractivity contribution in [3.8, 4) is 0 Å². The molecule has 0 aliphatic carbocycles. The number of benzene rings is 1. The molecule has 2 aliphatic rings. The van der Waals surface area contributed by atoms with Crippen LogP contribution in [0.4, 0.5) is 5.82 Å². The lowest BCUT2D eigenvalue weighted by Crippen LogP contribution is -2.49. The number of aromatic nitrogens is 1. The predicted molar refractivity (Wildman–Crippen MR) is 123 cm³/mol. The van der Waals surface area contributed by atoms with E-state index in [4.69, 9.17) is 4.52 Å². The van der Waals surface area contributed by atoms with Gasteiger partial charge in [-0.25, -0.2) is 0 Å². The van der Waals surface area contributed by atoms with Crippen molar-refractivity contribution in [2.45, 2.75) is 52.5 Å². The molecular formula is C25H34N4O3. The largest absolute Gasteiger partial charge is 0.360 e. The molecule has 2 amide bonds. The standard InChI is InChI=1S/C25H34N4O3/c1-19-16-22(27-32-19)26-23(30)18-28-14-10-21(11-15-28)25(2)12-6-7-13-29(24(25)31)17-20-8-4-3-5-9-20/h3-5,8-9,16,21H,6-7,10-15,17-18H2,1-2H3,(H,26,27,30)/t25-/m0/s1. The molecule has 1 atom stereocenters. The summed E-state index contributed by atoms with van der Waals surface area (Å²) in [4.78, 5) is 30.3. The molecular weight excluding hydrogens is 404 g/mol. The van der Waals surface area contributed by atoms with Gasteiger partial charge in [-0.15, -0.1) is 0 Å². The highest BCUT2D eigenvalue weighted by molar-refractivity contribution is 5.91. The molecule has 2 fully saturated rings. The van der Waals surface area contributed by atoms with E-state index in [-0.39, 0.29) is 11.3 Å². The third-order valence-electron chi connectivity index (χ3n) is 7.12. The number of carbonyl (C=O) groups is 2. The first-order chi connectivity index (χ1) is 15.4. The molecule has 0 spiro atoms. The van der Waals surface area contributed by atoms with Gasteiger partial charge >= 0.3 is 0 Å². The summed E-state index contributed by atoms with van der Waals surface area (Å²) >= 11 is 0. The van der Waals surface area contributed by atoms with E-state index in [9.17, 15) is 9.59 Å². The molecule has 0 unspecified atom stereocenters. The van der Waals surface area contributed by atoms with Gasteiger partial charge in [0.25, 0.3) is 0 Å². The van der Waals surface area contributed by atoms with Crippen molar-refractivity contribution in [3.05, 3.63) is 47.7 Å². The van der Waals surface area contributed by atoms with E-state index < -0.39 is 0 Å². The Kier molecular flexibility index (Phi) is 6.94. The van der Waals surface area contributed by atoms with Crippen molar-refractivity contribution < 1.29 is 14.1 Å². The third kappa shape index (κ3) is 5.21. The first-order valence-electron chi connectivity index (χ1n) is 11.7. The van der Waals surface area contributed by atoms with Crippen LogP contribution in [0.5, 0.6) is 0 Å². The zero-order valence-corrected chi connectivity index (χ0v) is 19.2. The van der Waals surface area contributed by atoms with Crippen LogP contribution in [0.3, 0.4) is 0 Å². The summed E-state index contributed by atoms with van der Waals surface area (Å²) in [5, 5.41) is 6.61. The van der Waals surface area contributed by atoms with E-state index >= 15 is 0 Å². The first-order valence-corrected chi connectivity index (χ1v) is 11.7. The van der Waals surface area contributed by atoms with E-state index in [1.54, 1.807) is 13.0 Å². The average Bonchev–Trinajstić information content (AvgIpc) is 3.14. The Labute approximate surface area is 190 Å². The minimum absolute atomic E-state index is 0.0810. The minimum atomic E-state index is -0.322. The molecule has 3 heterocycles. The maximum atomic E-state index is 13.7. The molecule has 32 heavy (non-hydrogen) atoms. The van der Waals surface area contributed by atoms with Gasteiger partial charge in [0.2, 0.25) is 11.8 Å². The van der Waals surface area contributed by atoms with E-state index in [0.29, 0.717) is 36.5 Å². The SMILES string of the molecule is Cc1cc(NC(=O)CN2CCC([C@]3(C)CCCCN(Cc4ccccc4)C3=O)CC2)no1. The van der Waals surface area contributed by atoms with Crippen molar-refractivity contribution in [1.29, 1.82) is 0 Å². The number of nitrogens with one attached hydrogen (secondary N) is 1. The molecule has 7 heteroatoms. The van der Waals surface area contributed by atoms with Crippen molar-refractivity contribution in [2.24, 2.45) is 11.3 Å². The van der Waals surface area contributed by atoms with E-state index in [1.165, 1.54) is 5.56 Å². The molecule has 0 bridgehead atoms. The lowest BCUT2D eigenvalue weighted by molar-refractivity contribution is -0.146. The molecule has 1 N–H and O–H groups in total. The highest BCUT2D eigenvalue weighted by Crippen LogP contribution is 2.43. The summed E-state index contributed by atoms with van der Waals surface area (Å²) in [6.45, 7) is 7.50. The number of anilines is 1. The quantitative estimate of drug-likeness (QED) is 0.741. The van der Waals surface area contributed by atoms with Crippen molar-refractivity contribution in [3.63, 3.8) is 0 Å². The second-order valence-corrected chi connectivity index (χ2v) is 9.51. The monoisotopic (exact) mass is 438 g/mol. The van der Waals surface area contributed by atoms with Gasteiger partial charge in [-0.2, -0.15) is 0 Å². The van der Waals surface area contributed by atoms with Crippen LogP contribution in [0, 0.1) is 18.3 Å².